The average molecular weight is 373 g/mol. The Morgan fingerprint density at radius 3 is 2.74 bits per heavy atom. The molecule has 1 atom stereocenters. The second-order valence-corrected chi connectivity index (χ2v) is 8.42. The SMILES string of the molecule is CCNC(=NCC(C)(C)c1cccc(OC)c1)N1CCC(N2CCCC2)C1. The van der Waals surface area contributed by atoms with E-state index in [2.05, 4.69) is 54.1 Å². The van der Waals surface area contributed by atoms with Gasteiger partial charge in [0, 0.05) is 31.1 Å². The first-order valence-electron chi connectivity index (χ1n) is 10.5. The predicted molar refractivity (Wildman–Crippen MR) is 113 cm³/mol. The number of ether oxygens (including phenoxy) is 1. The third-order valence-electron chi connectivity index (χ3n) is 5.93. The van der Waals surface area contributed by atoms with Gasteiger partial charge in [-0.1, -0.05) is 26.0 Å². The van der Waals surface area contributed by atoms with Crippen LogP contribution < -0.4 is 10.1 Å². The van der Waals surface area contributed by atoms with Crippen molar-refractivity contribution >= 4 is 5.96 Å². The second kappa shape index (κ2) is 8.96. The minimum atomic E-state index is -0.0384. The van der Waals surface area contributed by atoms with Crippen LogP contribution in [0.5, 0.6) is 5.75 Å². The van der Waals surface area contributed by atoms with Gasteiger partial charge in [0.05, 0.1) is 13.7 Å². The summed E-state index contributed by atoms with van der Waals surface area (Å²) in [6.07, 6.45) is 3.97. The van der Waals surface area contributed by atoms with E-state index >= 15 is 0 Å². The Bertz CT molecular complexity index is 637. The van der Waals surface area contributed by atoms with E-state index in [0.29, 0.717) is 6.04 Å². The molecule has 0 radical (unpaired) electrons. The number of guanidine groups is 1. The van der Waals surface area contributed by atoms with E-state index in [0.717, 1.165) is 37.9 Å². The fraction of sp³-hybridized carbons (Fsp3) is 0.682. The molecule has 27 heavy (non-hydrogen) atoms. The van der Waals surface area contributed by atoms with Gasteiger partial charge in [0.25, 0.3) is 0 Å². The van der Waals surface area contributed by atoms with Crippen molar-refractivity contribution in [2.24, 2.45) is 4.99 Å². The maximum absolute atomic E-state index is 5.39. The van der Waals surface area contributed by atoms with Crippen molar-refractivity contribution in [3.05, 3.63) is 29.8 Å². The van der Waals surface area contributed by atoms with E-state index in [1.165, 1.54) is 37.9 Å². The minimum Gasteiger partial charge on any atom is -0.497 e. The van der Waals surface area contributed by atoms with E-state index in [1.807, 2.05) is 6.07 Å². The zero-order valence-electron chi connectivity index (χ0n) is 17.5. The Kier molecular flexibility index (Phi) is 6.64. The van der Waals surface area contributed by atoms with Gasteiger partial charge in [-0.05, 0) is 57.0 Å². The van der Waals surface area contributed by atoms with Gasteiger partial charge in [-0.15, -0.1) is 0 Å². The van der Waals surface area contributed by atoms with E-state index < -0.39 is 0 Å². The van der Waals surface area contributed by atoms with Gasteiger partial charge >= 0.3 is 0 Å². The molecular formula is C22H36N4O. The number of nitrogens with one attached hydrogen (secondary N) is 1. The number of aliphatic imine (C=N–C) groups is 1. The summed E-state index contributed by atoms with van der Waals surface area (Å²) in [5.41, 5.74) is 1.22. The molecule has 1 unspecified atom stereocenters. The van der Waals surface area contributed by atoms with Crippen molar-refractivity contribution in [2.45, 2.75) is 51.5 Å². The normalized spacial score (nSPS) is 21.7. The molecule has 2 heterocycles. The lowest BCUT2D eigenvalue weighted by Gasteiger charge is -2.28. The molecule has 3 rings (SSSR count). The highest BCUT2D eigenvalue weighted by molar-refractivity contribution is 5.80. The highest BCUT2D eigenvalue weighted by Gasteiger charge is 2.31. The number of methoxy groups -OCH3 is 1. The first-order valence-corrected chi connectivity index (χ1v) is 10.5. The second-order valence-electron chi connectivity index (χ2n) is 8.42. The van der Waals surface area contributed by atoms with Crippen molar-refractivity contribution in [3.63, 3.8) is 0 Å². The molecule has 0 saturated carbocycles. The van der Waals surface area contributed by atoms with Gasteiger partial charge in [-0.3, -0.25) is 9.89 Å². The van der Waals surface area contributed by atoms with Crippen molar-refractivity contribution < 1.29 is 4.74 Å². The summed E-state index contributed by atoms with van der Waals surface area (Å²) in [4.78, 5) is 10.2. The highest BCUT2D eigenvalue weighted by atomic mass is 16.5. The Hall–Kier alpha value is -1.75. The van der Waals surface area contributed by atoms with Crippen molar-refractivity contribution in [1.29, 1.82) is 0 Å². The van der Waals surface area contributed by atoms with Gasteiger partial charge < -0.3 is 15.0 Å². The Morgan fingerprint density at radius 1 is 1.26 bits per heavy atom. The summed E-state index contributed by atoms with van der Waals surface area (Å²) in [5, 5.41) is 3.52. The quantitative estimate of drug-likeness (QED) is 0.615. The summed E-state index contributed by atoms with van der Waals surface area (Å²) in [7, 11) is 1.72. The average Bonchev–Trinajstić information content (AvgIpc) is 3.36. The molecule has 0 bridgehead atoms. The third kappa shape index (κ3) is 4.95. The fourth-order valence-electron chi connectivity index (χ4n) is 4.17. The number of benzene rings is 1. The van der Waals surface area contributed by atoms with Gasteiger partial charge in [-0.25, -0.2) is 0 Å². The standard InChI is InChI=1S/C22H36N4O/c1-5-23-21(26-14-11-19(16-26)25-12-6-7-13-25)24-17-22(2,3)18-9-8-10-20(15-18)27-4/h8-10,15,19H,5-7,11-14,16-17H2,1-4H3,(H,23,24). The molecular weight excluding hydrogens is 336 g/mol. The maximum Gasteiger partial charge on any atom is 0.193 e. The summed E-state index contributed by atoms with van der Waals surface area (Å²) in [5.74, 6) is 1.97. The molecule has 0 aromatic heterocycles. The van der Waals surface area contributed by atoms with Crippen LogP contribution in [-0.2, 0) is 5.41 Å². The van der Waals surface area contributed by atoms with Crippen molar-refractivity contribution in [1.82, 2.24) is 15.1 Å². The molecule has 1 aromatic carbocycles. The lowest BCUT2D eigenvalue weighted by Crippen LogP contribution is -2.43. The first-order chi connectivity index (χ1) is 13.0. The molecule has 2 aliphatic heterocycles. The van der Waals surface area contributed by atoms with Crippen LogP contribution in [0.25, 0.3) is 0 Å². The summed E-state index contributed by atoms with van der Waals surface area (Å²) < 4.78 is 5.39. The number of hydrogen-bond acceptors (Lipinski definition) is 3. The van der Waals surface area contributed by atoms with Gasteiger partial charge in [0.1, 0.15) is 5.75 Å². The van der Waals surface area contributed by atoms with E-state index in [-0.39, 0.29) is 5.41 Å². The van der Waals surface area contributed by atoms with Crippen molar-refractivity contribution in [3.8, 4) is 5.75 Å². The molecule has 150 valence electrons. The lowest BCUT2D eigenvalue weighted by atomic mass is 9.84. The third-order valence-corrected chi connectivity index (χ3v) is 5.93. The zero-order chi connectivity index (χ0) is 19.3. The largest absolute Gasteiger partial charge is 0.497 e. The van der Waals surface area contributed by atoms with Crippen LogP contribution in [0.4, 0.5) is 0 Å². The molecule has 0 spiro atoms. The van der Waals surface area contributed by atoms with Crippen LogP contribution in [-0.4, -0.2) is 68.2 Å². The monoisotopic (exact) mass is 372 g/mol. The molecule has 5 nitrogen and oxygen atoms in total. The molecule has 2 saturated heterocycles. The molecule has 2 aliphatic rings. The van der Waals surface area contributed by atoms with Crippen LogP contribution in [0.2, 0.25) is 0 Å². The summed E-state index contributed by atoms with van der Waals surface area (Å²) in [6.45, 7) is 13.1. The smallest absolute Gasteiger partial charge is 0.193 e. The Morgan fingerprint density at radius 2 is 2.04 bits per heavy atom. The molecule has 1 aromatic rings. The van der Waals surface area contributed by atoms with Crippen LogP contribution in [0.15, 0.2) is 29.3 Å². The van der Waals surface area contributed by atoms with Crippen LogP contribution in [0.3, 0.4) is 0 Å². The van der Waals surface area contributed by atoms with Gasteiger partial charge in [0.15, 0.2) is 5.96 Å². The number of hydrogen-bond donors (Lipinski definition) is 1. The summed E-state index contributed by atoms with van der Waals surface area (Å²) >= 11 is 0. The number of likely N-dealkylation sites (tertiary alicyclic amines) is 2. The predicted octanol–water partition coefficient (Wildman–Crippen LogP) is 3.11. The fourth-order valence-corrected chi connectivity index (χ4v) is 4.17. The Balaban J connectivity index is 1.67. The summed E-state index contributed by atoms with van der Waals surface area (Å²) in [6, 6.07) is 9.05. The van der Waals surface area contributed by atoms with Crippen molar-refractivity contribution in [2.75, 3.05) is 46.4 Å². The molecule has 2 fully saturated rings. The number of rotatable bonds is 6. The Labute approximate surface area is 164 Å². The zero-order valence-corrected chi connectivity index (χ0v) is 17.5. The van der Waals surface area contributed by atoms with E-state index in [9.17, 15) is 0 Å². The molecule has 0 aliphatic carbocycles. The number of nitrogens with zero attached hydrogens (tertiary/aromatic N) is 3. The van der Waals surface area contributed by atoms with Gasteiger partial charge in [-0.2, -0.15) is 0 Å². The minimum absolute atomic E-state index is 0.0384. The van der Waals surface area contributed by atoms with Gasteiger partial charge in [0.2, 0.25) is 0 Å². The molecule has 5 heteroatoms. The molecule has 0 amide bonds. The first kappa shape index (κ1) is 20.0. The van der Waals surface area contributed by atoms with E-state index in [4.69, 9.17) is 9.73 Å². The topological polar surface area (TPSA) is 40.1 Å². The van der Waals surface area contributed by atoms with Crippen LogP contribution >= 0.6 is 0 Å². The van der Waals surface area contributed by atoms with E-state index in [1.54, 1.807) is 7.11 Å². The maximum atomic E-state index is 5.39. The van der Waals surface area contributed by atoms with Crippen LogP contribution in [0.1, 0.15) is 45.6 Å². The molecule has 1 N–H and O–H groups in total. The van der Waals surface area contributed by atoms with Crippen LogP contribution in [0, 0.1) is 0 Å². The lowest BCUT2D eigenvalue weighted by molar-refractivity contribution is 0.249. The highest BCUT2D eigenvalue weighted by Crippen LogP contribution is 2.27.